The molecular weight excluding hydrogens is 246 g/mol. The van der Waals surface area contributed by atoms with E-state index in [4.69, 9.17) is 0 Å². The topological polar surface area (TPSA) is 33.6 Å². The number of hydrogen-bond donors (Lipinski definition) is 1. The minimum absolute atomic E-state index is 0.123. The van der Waals surface area contributed by atoms with Gasteiger partial charge in [0.15, 0.2) is 28.0 Å². The van der Waals surface area contributed by atoms with Gasteiger partial charge < -0.3 is 0 Å². The molecule has 2 rings (SSSR count). The normalized spacial score (nSPS) is 10.8. The minimum Gasteiger partial charge on any atom is -0.269 e. The molecule has 16 heavy (non-hydrogen) atoms. The van der Waals surface area contributed by atoms with Crippen LogP contribution in [-0.2, 0) is 0 Å². The lowest BCUT2D eigenvalue weighted by atomic mass is 10.2. The number of H-pyrrole nitrogens is 1. The molecule has 0 aliphatic heterocycles. The highest BCUT2D eigenvalue weighted by atomic mass is 32.1. The molecule has 0 fully saturated rings. The number of nitrogens with zero attached hydrogens (tertiary/aromatic N) is 2. The summed E-state index contributed by atoms with van der Waals surface area (Å²) in [5.74, 6) is -6.07. The molecule has 0 radical (unpaired) electrons. The van der Waals surface area contributed by atoms with Gasteiger partial charge in [-0.05, 0) is 12.2 Å². The number of aromatic amines is 1. The average Bonchev–Trinajstić information content (AvgIpc) is 2.63. The van der Waals surface area contributed by atoms with Gasteiger partial charge in [0.2, 0.25) is 0 Å². The van der Waals surface area contributed by atoms with Gasteiger partial charge in [-0.1, -0.05) is 0 Å². The zero-order valence-corrected chi connectivity index (χ0v) is 8.29. The van der Waals surface area contributed by atoms with Crippen molar-refractivity contribution in [3.8, 4) is 5.69 Å². The first kappa shape index (κ1) is 10.8. The van der Waals surface area contributed by atoms with Crippen LogP contribution in [0.2, 0.25) is 0 Å². The van der Waals surface area contributed by atoms with Gasteiger partial charge in [-0.2, -0.15) is 5.10 Å². The molecule has 1 aromatic carbocycles. The molecule has 8 heteroatoms. The predicted molar refractivity (Wildman–Crippen MR) is 48.6 cm³/mol. The number of aromatic nitrogens is 3. The van der Waals surface area contributed by atoms with Crippen molar-refractivity contribution in [1.29, 1.82) is 0 Å². The van der Waals surface area contributed by atoms with Gasteiger partial charge in [-0.25, -0.2) is 17.6 Å². The van der Waals surface area contributed by atoms with Crippen LogP contribution in [0, 0.1) is 28.0 Å². The fourth-order valence-corrected chi connectivity index (χ4v) is 1.37. The summed E-state index contributed by atoms with van der Waals surface area (Å²) in [7, 11) is 0. The standard InChI is InChI=1S/C8H3F4N3S/c9-3-1-4(10)6(12)7(5(3)11)15-2-13-14-8(15)16/h1-2H,(H,14,16). The Hall–Kier alpha value is -1.70. The highest BCUT2D eigenvalue weighted by Crippen LogP contribution is 2.22. The van der Waals surface area contributed by atoms with Crippen molar-refractivity contribution in [2.75, 3.05) is 0 Å². The van der Waals surface area contributed by atoms with E-state index < -0.39 is 29.0 Å². The Morgan fingerprint density at radius 2 is 1.69 bits per heavy atom. The Morgan fingerprint density at radius 1 is 1.12 bits per heavy atom. The van der Waals surface area contributed by atoms with Gasteiger partial charge in [0, 0.05) is 6.07 Å². The molecular formula is C8H3F4N3S. The Labute approximate surface area is 91.3 Å². The zero-order chi connectivity index (χ0) is 11.9. The number of halogens is 4. The van der Waals surface area contributed by atoms with Crippen LogP contribution in [0.25, 0.3) is 5.69 Å². The van der Waals surface area contributed by atoms with Gasteiger partial charge in [0.25, 0.3) is 0 Å². The Morgan fingerprint density at radius 3 is 2.12 bits per heavy atom. The molecule has 0 spiro atoms. The Bertz CT molecular complexity index is 578. The number of hydrogen-bond acceptors (Lipinski definition) is 2. The van der Waals surface area contributed by atoms with Crippen molar-refractivity contribution in [2.45, 2.75) is 0 Å². The molecule has 0 amide bonds. The Balaban J connectivity index is 2.84. The first-order valence-corrected chi connectivity index (χ1v) is 4.38. The second kappa shape index (κ2) is 3.71. The fraction of sp³-hybridized carbons (Fsp3) is 0. The minimum atomic E-state index is -1.53. The summed E-state index contributed by atoms with van der Waals surface area (Å²) in [4.78, 5) is 0. The molecule has 0 saturated carbocycles. The van der Waals surface area contributed by atoms with Crippen LogP contribution >= 0.6 is 12.2 Å². The maximum absolute atomic E-state index is 13.3. The van der Waals surface area contributed by atoms with E-state index >= 15 is 0 Å². The quantitative estimate of drug-likeness (QED) is 0.478. The first-order valence-electron chi connectivity index (χ1n) is 3.97. The van der Waals surface area contributed by atoms with Crippen LogP contribution in [-0.4, -0.2) is 14.8 Å². The van der Waals surface area contributed by atoms with Crippen molar-refractivity contribution in [3.05, 3.63) is 40.4 Å². The van der Waals surface area contributed by atoms with Gasteiger partial charge >= 0.3 is 0 Å². The summed E-state index contributed by atoms with van der Waals surface area (Å²) in [6, 6.07) is 0.123. The molecule has 0 bridgehead atoms. The van der Waals surface area contributed by atoms with Crippen LogP contribution in [0.15, 0.2) is 12.4 Å². The molecule has 3 nitrogen and oxygen atoms in total. The van der Waals surface area contributed by atoms with E-state index in [0.29, 0.717) is 4.57 Å². The lowest BCUT2D eigenvalue weighted by molar-refractivity contribution is 0.447. The van der Waals surface area contributed by atoms with Crippen LogP contribution in [0.1, 0.15) is 0 Å². The summed E-state index contributed by atoms with van der Waals surface area (Å²) < 4.78 is 52.9. The molecule has 0 unspecified atom stereocenters. The highest BCUT2D eigenvalue weighted by Gasteiger charge is 2.21. The monoisotopic (exact) mass is 249 g/mol. The second-order valence-electron chi connectivity index (χ2n) is 2.85. The molecule has 1 heterocycles. The average molecular weight is 249 g/mol. The first-order chi connectivity index (χ1) is 7.52. The van der Waals surface area contributed by atoms with E-state index in [1.807, 2.05) is 0 Å². The lowest BCUT2D eigenvalue weighted by Gasteiger charge is -2.06. The van der Waals surface area contributed by atoms with E-state index in [0.717, 1.165) is 6.33 Å². The maximum Gasteiger partial charge on any atom is 0.199 e. The SMILES string of the molecule is Fc1cc(F)c(F)c(-n2cn[nH]c2=S)c1F. The number of rotatable bonds is 1. The second-order valence-corrected chi connectivity index (χ2v) is 3.24. The molecule has 0 aliphatic rings. The third-order valence-corrected chi connectivity index (χ3v) is 2.17. The van der Waals surface area contributed by atoms with E-state index in [1.54, 1.807) is 0 Å². The molecule has 1 N–H and O–H groups in total. The molecule has 0 aliphatic carbocycles. The summed E-state index contributed by atoms with van der Waals surface area (Å²) in [5, 5.41) is 5.61. The highest BCUT2D eigenvalue weighted by molar-refractivity contribution is 7.71. The van der Waals surface area contributed by atoms with Crippen molar-refractivity contribution in [2.24, 2.45) is 0 Å². The fourth-order valence-electron chi connectivity index (χ4n) is 1.18. The maximum atomic E-state index is 13.3. The largest absolute Gasteiger partial charge is 0.269 e. The van der Waals surface area contributed by atoms with Gasteiger partial charge in [0.1, 0.15) is 12.0 Å². The van der Waals surface area contributed by atoms with Crippen LogP contribution in [0.4, 0.5) is 17.6 Å². The molecule has 84 valence electrons. The van der Waals surface area contributed by atoms with E-state index in [2.05, 4.69) is 22.4 Å². The van der Waals surface area contributed by atoms with Crippen LogP contribution < -0.4 is 0 Å². The third-order valence-electron chi connectivity index (χ3n) is 1.88. The number of benzene rings is 1. The van der Waals surface area contributed by atoms with Crippen molar-refractivity contribution in [1.82, 2.24) is 14.8 Å². The molecule has 2 aromatic rings. The summed E-state index contributed by atoms with van der Waals surface area (Å²) in [6.07, 6.45) is 0.919. The summed E-state index contributed by atoms with van der Waals surface area (Å²) in [5.41, 5.74) is -0.934. The van der Waals surface area contributed by atoms with Crippen molar-refractivity contribution < 1.29 is 17.6 Å². The number of nitrogens with one attached hydrogen (secondary N) is 1. The van der Waals surface area contributed by atoms with Crippen LogP contribution in [0.5, 0.6) is 0 Å². The Kier molecular flexibility index (Phi) is 2.50. The van der Waals surface area contributed by atoms with E-state index in [1.165, 1.54) is 0 Å². The smallest absolute Gasteiger partial charge is 0.199 e. The van der Waals surface area contributed by atoms with Gasteiger partial charge in [-0.15, -0.1) is 0 Å². The summed E-state index contributed by atoms with van der Waals surface area (Å²) >= 11 is 4.64. The van der Waals surface area contributed by atoms with Crippen molar-refractivity contribution in [3.63, 3.8) is 0 Å². The van der Waals surface area contributed by atoms with E-state index in [-0.39, 0.29) is 10.8 Å². The zero-order valence-electron chi connectivity index (χ0n) is 7.47. The van der Waals surface area contributed by atoms with Crippen LogP contribution in [0.3, 0.4) is 0 Å². The van der Waals surface area contributed by atoms with Gasteiger partial charge in [-0.3, -0.25) is 9.67 Å². The predicted octanol–water partition coefficient (Wildman–Crippen LogP) is 2.49. The summed E-state index contributed by atoms with van der Waals surface area (Å²) in [6.45, 7) is 0. The molecule has 0 saturated heterocycles. The third kappa shape index (κ3) is 1.51. The molecule has 0 atom stereocenters. The molecule has 1 aromatic heterocycles. The van der Waals surface area contributed by atoms with Crippen molar-refractivity contribution >= 4 is 12.2 Å². The van der Waals surface area contributed by atoms with Gasteiger partial charge in [0.05, 0.1) is 0 Å². The lowest BCUT2D eigenvalue weighted by Crippen LogP contribution is -2.05. The van der Waals surface area contributed by atoms with E-state index in [9.17, 15) is 17.6 Å².